The molecule has 0 aliphatic rings. The van der Waals surface area contributed by atoms with Crippen molar-refractivity contribution in [2.75, 3.05) is 0 Å². The summed E-state index contributed by atoms with van der Waals surface area (Å²) in [7, 11) is 1.91. The van der Waals surface area contributed by atoms with Gasteiger partial charge in [0.25, 0.3) is 0 Å². The number of aromatic nitrogens is 2. The topological polar surface area (TPSA) is 38.0 Å². The summed E-state index contributed by atoms with van der Waals surface area (Å²) >= 11 is 3.51. The molecule has 3 nitrogen and oxygen atoms in total. The second kappa shape index (κ2) is 4.26. The lowest BCUT2D eigenvalue weighted by molar-refractivity contribution is 0.0121. The number of aryl methyl sites for hydroxylation is 2. The lowest BCUT2D eigenvalue weighted by atomic mass is 9.88. The Morgan fingerprint density at radius 2 is 2.07 bits per heavy atom. The standard InChI is InChI=1S/C11H19BrN2O/c1-7(2)11(4,15)6-9-10(12)8(3)13-14(9)5/h7,15H,6H2,1-5H3. The Morgan fingerprint density at radius 3 is 2.40 bits per heavy atom. The molecule has 1 atom stereocenters. The highest BCUT2D eigenvalue weighted by Gasteiger charge is 2.28. The first kappa shape index (κ1) is 12.7. The quantitative estimate of drug-likeness (QED) is 0.920. The summed E-state index contributed by atoms with van der Waals surface area (Å²) < 4.78 is 2.84. The summed E-state index contributed by atoms with van der Waals surface area (Å²) in [4.78, 5) is 0. The maximum absolute atomic E-state index is 10.2. The minimum Gasteiger partial charge on any atom is -0.390 e. The van der Waals surface area contributed by atoms with Crippen molar-refractivity contribution in [1.29, 1.82) is 0 Å². The van der Waals surface area contributed by atoms with Crippen molar-refractivity contribution in [2.45, 2.75) is 39.7 Å². The third-order valence-corrected chi connectivity index (χ3v) is 4.06. The van der Waals surface area contributed by atoms with E-state index in [0.717, 1.165) is 15.9 Å². The van der Waals surface area contributed by atoms with Gasteiger partial charge in [-0.15, -0.1) is 0 Å². The van der Waals surface area contributed by atoms with Gasteiger partial charge in [-0.3, -0.25) is 4.68 Å². The number of hydrogen-bond acceptors (Lipinski definition) is 2. The van der Waals surface area contributed by atoms with Crippen LogP contribution in [0.3, 0.4) is 0 Å². The molecule has 1 aromatic heterocycles. The summed E-state index contributed by atoms with van der Waals surface area (Å²) in [6.45, 7) is 7.87. The Bertz CT molecular complexity index is 356. The zero-order valence-corrected chi connectivity index (χ0v) is 11.6. The van der Waals surface area contributed by atoms with Crippen molar-refractivity contribution in [3.8, 4) is 0 Å². The van der Waals surface area contributed by atoms with Crippen LogP contribution in [-0.4, -0.2) is 20.5 Å². The van der Waals surface area contributed by atoms with Crippen LogP contribution in [0.2, 0.25) is 0 Å². The Kier molecular flexibility index (Phi) is 3.61. The van der Waals surface area contributed by atoms with Crippen LogP contribution in [0.15, 0.2) is 4.47 Å². The summed E-state index contributed by atoms with van der Waals surface area (Å²) in [5.41, 5.74) is 1.32. The van der Waals surface area contributed by atoms with E-state index in [4.69, 9.17) is 0 Å². The van der Waals surface area contributed by atoms with Gasteiger partial charge in [-0.05, 0) is 35.7 Å². The molecule has 15 heavy (non-hydrogen) atoms. The lowest BCUT2D eigenvalue weighted by Gasteiger charge is -2.27. The van der Waals surface area contributed by atoms with E-state index in [9.17, 15) is 5.11 Å². The van der Waals surface area contributed by atoms with Crippen LogP contribution >= 0.6 is 15.9 Å². The molecule has 86 valence electrons. The van der Waals surface area contributed by atoms with E-state index in [2.05, 4.69) is 21.0 Å². The third kappa shape index (κ3) is 2.61. The number of aliphatic hydroxyl groups is 1. The Balaban J connectivity index is 2.99. The number of nitrogens with zero attached hydrogens (tertiary/aromatic N) is 2. The van der Waals surface area contributed by atoms with Crippen LogP contribution in [0.1, 0.15) is 32.2 Å². The average Bonchev–Trinajstić information content (AvgIpc) is 2.32. The van der Waals surface area contributed by atoms with E-state index in [1.54, 1.807) is 0 Å². The second-order valence-corrected chi connectivity index (χ2v) is 5.45. The van der Waals surface area contributed by atoms with E-state index in [0.29, 0.717) is 6.42 Å². The molecule has 0 amide bonds. The molecule has 1 rings (SSSR count). The largest absolute Gasteiger partial charge is 0.390 e. The van der Waals surface area contributed by atoms with Gasteiger partial charge in [-0.1, -0.05) is 13.8 Å². The van der Waals surface area contributed by atoms with Crippen molar-refractivity contribution < 1.29 is 5.11 Å². The van der Waals surface area contributed by atoms with Crippen LogP contribution < -0.4 is 0 Å². The van der Waals surface area contributed by atoms with Crippen LogP contribution in [0, 0.1) is 12.8 Å². The van der Waals surface area contributed by atoms with E-state index in [-0.39, 0.29) is 5.92 Å². The third-order valence-electron chi connectivity index (χ3n) is 3.03. The summed E-state index contributed by atoms with van der Waals surface area (Å²) in [6, 6.07) is 0. The van der Waals surface area contributed by atoms with Crippen molar-refractivity contribution >= 4 is 15.9 Å². The van der Waals surface area contributed by atoms with Gasteiger partial charge < -0.3 is 5.11 Å². The van der Waals surface area contributed by atoms with Gasteiger partial charge in [-0.2, -0.15) is 5.10 Å². The average molecular weight is 275 g/mol. The summed E-state index contributed by atoms with van der Waals surface area (Å²) in [5, 5.41) is 14.6. The van der Waals surface area contributed by atoms with E-state index < -0.39 is 5.60 Å². The Hall–Kier alpha value is -0.350. The highest BCUT2D eigenvalue weighted by Crippen LogP contribution is 2.27. The molecule has 1 N–H and O–H groups in total. The second-order valence-electron chi connectivity index (χ2n) is 4.66. The van der Waals surface area contributed by atoms with Crippen LogP contribution in [-0.2, 0) is 13.5 Å². The van der Waals surface area contributed by atoms with Gasteiger partial charge in [0.05, 0.1) is 21.5 Å². The molecule has 1 aromatic rings. The van der Waals surface area contributed by atoms with E-state index in [1.807, 2.05) is 39.4 Å². The zero-order valence-electron chi connectivity index (χ0n) is 10.0. The first-order chi connectivity index (χ1) is 6.75. The zero-order chi connectivity index (χ0) is 11.8. The van der Waals surface area contributed by atoms with Gasteiger partial charge in [0.1, 0.15) is 0 Å². The molecule has 4 heteroatoms. The highest BCUT2D eigenvalue weighted by molar-refractivity contribution is 9.10. The van der Waals surface area contributed by atoms with Gasteiger partial charge in [-0.25, -0.2) is 0 Å². The fraction of sp³-hybridized carbons (Fsp3) is 0.727. The Morgan fingerprint density at radius 1 is 1.53 bits per heavy atom. The maximum atomic E-state index is 10.2. The maximum Gasteiger partial charge on any atom is 0.0738 e. The molecular formula is C11H19BrN2O. The van der Waals surface area contributed by atoms with Gasteiger partial charge in [0.2, 0.25) is 0 Å². The van der Waals surface area contributed by atoms with Crippen molar-refractivity contribution in [1.82, 2.24) is 9.78 Å². The lowest BCUT2D eigenvalue weighted by Crippen LogP contribution is -2.34. The number of hydrogen-bond donors (Lipinski definition) is 1. The molecule has 1 unspecified atom stereocenters. The molecular weight excluding hydrogens is 256 g/mol. The van der Waals surface area contributed by atoms with Gasteiger partial charge in [0.15, 0.2) is 0 Å². The highest BCUT2D eigenvalue weighted by atomic mass is 79.9. The first-order valence-electron chi connectivity index (χ1n) is 5.16. The molecule has 1 heterocycles. The Labute approximate surface area is 99.6 Å². The van der Waals surface area contributed by atoms with Crippen molar-refractivity contribution in [3.63, 3.8) is 0 Å². The fourth-order valence-corrected chi connectivity index (χ4v) is 1.89. The SMILES string of the molecule is Cc1nn(C)c(CC(C)(O)C(C)C)c1Br. The number of rotatable bonds is 3. The van der Waals surface area contributed by atoms with Gasteiger partial charge >= 0.3 is 0 Å². The van der Waals surface area contributed by atoms with Crippen LogP contribution in [0.4, 0.5) is 0 Å². The molecule has 0 aliphatic carbocycles. The molecule has 0 saturated heterocycles. The predicted octanol–water partition coefficient (Wildman–Crippen LogP) is 2.44. The van der Waals surface area contributed by atoms with Crippen molar-refractivity contribution in [3.05, 3.63) is 15.9 Å². The van der Waals surface area contributed by atoms with Crippen LogP contribution in [0.5, 0.6) is 0 Å². The minimum atomic E-state index is -0.692. The van der Waals surface area contributed by atoms with E-state index in [1.165, 1.54) is 0 Å². The molecule has 0 fully saturated rings. The smallest absolute Gasteiger partial charge is 0.0738 e. The molecule has 0 bridgehead atoms. The molecule has 0 aliphatic heterocycles. The monoisotopic (exact) mass is 274 g/mol. The molecule has 0 saturated carbocycles. The first-order valence-corrected chi connectivity index (χ1v) is 5.95. The van der Waals surface area contributed by atoms with E-state index >= 15 is 0 Å². The van der Waals surface area contributed by atoms with Gasteiger partial charge in [0, 0.05) is 13.5 Å². The molecule has 0 radical (unpaired) electrons. The predicted molar refractivity (Wildman–Crippen MR) is 64.8 cm³/mol. The molecule has 0 spiro atoms. The molecule has 0 aromatic carbocycles. The van der Waals surface area contributed by atoms with Crippen LogP contribution in [0.25, 0.3) is 0 Å². The van der Waals surface area contributed by atoms with Crippen molar-refractivity contribution in [2.24, 2.45) is 13.0 Å². The number of halogens is 1. The normalized spacial score (nSPS) is 15.7. The summed E-state index contributed by atoms with van der Waals surface area (Å²) in [6.07, 6.45) is 0.614. The fourth-order valence-electron chi connectivity index (χ4n) is 1.42. The minimum absolute atomic E-state index is 0.222. The summed E-state index contributed by atoms with van der Waals surface area (Å²) in [5.74, 6) is 0.222.